The molecule has 1 aliphatic carbocycles. The van der Waals surface area contributed by atoms with E-state index in [0.29, 0.717) is 52.7 Å². The van der Waals surface area contributed by atoms with Crippen LogP contribution in [0, 0.1) is 5.41 Å². The number of carbonyl (C=O) groups excluding carboxylic acids is 1. The van der Waals surface area contributed by atoms with Crippen molar-refractivity contribution in [2.45, 2.75) is 32.6 Å². The van der Waals surface area contributed by atoms with Crippen LogP contribution in [0.4, 0.5) is 0 Å². The maximum atomic E-state index is 13.6. The van der Waals surface area contributed by atoms with E-state index in [0.717, 1.165) is 22.1 Å². The molecule has 5 aromatic rings. The van der Waals surface area contributed by atoms with Gasteiger partial charge in [0.05, 0.1) is 18.2 Å². The number of allylic oxidation sites excluding steroid dienone is 2. The lowest BCUT2D eigenvalue weighted by Gasteiger charge is -2.37. The van der Waals surface area contributed by atoms with Gasteiger partial charge in [-0.1, -0.05) is 50.2 Å². The monoisotopic (exact) mass is 518 g/mol. The maximum absolute atomic E-state index is 13.6. The van der Waals surface area contributed by atoms with Gasteiger partial charge in [0.1, 0.15) is 23.6 Å². The number of nitrogens with zero attached hydrogens (tertiary/aromatic N) is 4. The van der Waals surface area contributed by atoms with Crippen LogP contribution in [0.1, 0.15) is 43.7 Å². The summed E-state index contributed by atoms with van der Waals surface area (Å²) in [6.45, 7) is 4.15. The Hall–Kier alpha value is -4.72. The van der Waals surface area contributed by atoms with Crippen molar-refractivity contribution in [3.63, 3.8) is 0 Å². The summed E-state index contributed by atoms with van der Waals surface area (Å²) in [5.41, 5.74) is 3.05. The van der Waals surface area contributed by atoms with E-state index in [1.165, 1.54) is 0 Å². The molecule has 194 valence electrons. The Morgan fingerprint density at radius 1 is 1.05 bits per heavy atom. The molecule has 1 N–H and O–H groups in total. The molecule has 0 saturated carbocycles. The topological polar surface area (TPSA) is 98.8 Å². The Morgan fingerprint density at radius 3 is 2.54 bits per heavy atom. The van der Waals surface area contributed by atoms with Crippen molar-refractivity contribution in [2.24, 2.45) is 5.41 Å². The molecule has 8 heteroatoms. The normalized spacial score (nSPS) is 18.1. The number of benzene rings is 3. The van der Waals surface area contributed by atoms with Gasteiger partial charge in [-0.25, -0.2) is 14.5 Å². The van der Waals surface area contributed by atoms with Crippen LogP contribution in [0.15, 0.2) is 78.3 Å². The number of fused-ring (bicyclic) bond motifs is 4. The predicted molar refractivity (Wildman–Crippen MR) is 146 cm³/mol. The second kappa shape index (κ2) is 8.39. The minimum Gasteiger partial charge on any atom is -0.507 e. The highest BCUT2D eigenvalue weighted by Gasteiger charge is 2.44. The van der Waals surface area contributed by atoms with Crippen LogP contribution in [0.5, 0.6) is 17.4 Å². The Labute approximate surface area is 224 Å². The summed E-state index contributed by atoms with van der Waals surface area (Å²) in [6, 6.07) is 19.1. The number of ketones is 1. The predicted octanol–water partition coefficient (Wildman–Crippen LogP) is 5.83. The third-order valence-electron chi connectivity index (χ3n) is 7.62. The first-order chi connectivity index (χ1) is 18.8. The minimum absolute atomic E-state index is 0.0571. The number of aromatic hydroxyl groups is 1. The number of aromatic nitrogens is 4. The lowest BCUT2D eigenvalue weighted by molar-refractivity contribution is -0.118. The summed E-state index contributed by atoms with van der Waals surface area (Å²) in [5, 5.41) is 17.4. The minimum atomic E-state index is -0.434. The Kier molecular flexibility index (Phi) is 5.04. The molecule has 3 aromatic carbocycles. The van der Waals surface area contributed by atoms with E-state index in [-0.39, 0.29) is 16.9 Å². The van der Waals surface area contributed by atoms with Gasteiger partial charge in [0, 0.05) is 24.3 Å². The Morgan fingerprint density at radius 2 is 1.79 bits per heavy atom. The number of carbonyl (C=O) groups is 1. The molecule has 0 fully saturated rings. The lowest BCUT2D eigenvalue weighted by Crippen LogP contribution is -2.33. The molecular formula is C31H26N4O4. The second-order valence-corrected chi connectivity index (χ2v) is 11.0. The molecule has 8 nitrogen and oxygen atoms in total. The summed E-state index contributed by atoms with van der Waals surface area (Å²) in [5.74, 6) is 1.87. The standard InChI is InChI=1S/C31H26N4O4/c1-31(2)14-23(37)26-24(15-31)39-30-27(25(26)17-8-10-20(38-3)11-9-17)29-33-28(34-35(29)16-32-30)21-12-18-6-4-5-7-19(18)13-22(21)36/h4-13,16,25,36H,14-15H2,1-3H3. The molecule has 0 bridgehead atoms. The summed E-state index contributed by atoms with van der Waals surface area (Å²) in [6.07, 6.45) is 2.63. The molecule has 0 spiro atoms. The highest BCUT2D eigenvalue weighted by molar-refractivity contribution is 6.00. The molecule has 3 heterocycles. The van der Waals surface area contributed by atoms with E-state index in [4.69, 9.17) is 14.5 Å². The van der Waals surface area contributed by atoms with Crippen molar-refractivity contribution in [3.05, 3.63) is 89.5 Å². The number of methoxy groups -OCH3 is 1. The largest absolute Gasteiger partial charge is 0.507 e. The van der Waals surface area contributed by atoms with Crippen molar-refractivity contribution < 1.29 is 19.4 Å². The van der Waals surface area contributed by atoms with Crippen LogP contribution in [0.2, 0.25) is 0 Å². The van der Waals surface area contributed by atoms with Gasteiger partial charge in [0.2, 0.25) is 5.88 Å². The van der Waals surface area contributed by atoms with Crippen molar-refractivity contribution in [1.82, 2.24) is 19.6 Å². The van der Waals surface area contributed by atoms with Gasteiger partial charge in [-0.2, -0.15) is 0 Å². The van der Waals surface area contributed by atoms with Gasteiger partial charge in [-0.3, -0.25) is 4.79 Å². The third-order valence-corrected chi connectivity index (χ3v) is 7.62. The van der Waals surface area contributed by atoms with Gasteiger partial charge in [-0.05, 0) is 46.0 Å². The zero-order valence-corrected chi connectivity index (χ0v) is 21.8. The highest BCUT2D eigenvalue weighted by atomic mass is 16.5. The average Bonchev–Trinajstić information content (AvgIpc) is 3.35. The van der Waals surface area contributed by atoms with Crippen LogP contribution in [-0.2, 0) is 4.79 Å². The molecule has 1 aliphatic heterocycles. The lowest BCUT2D eigenvalue weighted by atomic mass is 9.70. The summed E-state index contributed by atoms with van der Waals surface area (Å²) in [7, 11) is 1.62. The van der Waals surface area contributed by atoms with E-state index in [1.807, 2.05) is 54.6 Å². The SMILES string of the molecule is COc1ccc(C2C3=C(CC(C)(C)CC3=O)Oc3ncn4nc(-c5cc6ccccc6cc5O)nc4c32)cc1. The number of hydrogen-bond donors (Lipinski definition) is 1. The molecule has 0 saturated heterocycles. The quantitative estimate of drug-likeness (QED) is 0.321. The Balaban J connectivity index is 1.45. The molecule has 39 heavy (non-hydrogen) atoms. The highest BCUT2D eigenvalue weighted by Crippen LogP contribution is 2.50. The third kappa shape index (κ3) is 3.74. The van der Waals surface area contributed by atoms with Gasteiger partial charge in [0.25, 0.3) is 0 Å². The fourth-order valence-electron chi connectivity index (χ4n) is 5.80. The van der Waals surface area contributed by atoms with Crippen LogP contribution in [-0.4, -0.2) is 37.6 Å². The number of phenolic OH excluding ortho intramolecular Hbond substituents is 1. The van der Waals surface area contributed by atoms with Gasteiger partial charge >= 0.3 is 0 Å². The maximum Gasteiger partial charge on any atom is 0.228 e. The van der Waals surface area contributed by atoms with Crippen LogP contribution < -0.4 is 9.47 Å². The van der Waals surface area contributed by atoms with E-state index in [2.05, 4.69) is 23.9 Å². The molecular weight excluding hydrogens is 492 g/mol. The number of phenols is 1. The summed E-state index contributed by atoms with van der Waals surface area (Å²) < 4.78 is 13.3. The molecule has 7 rings (SSSR count). The summed E-state index contributed by atoms with van der Waals surface area (Å²) >= 11 is 0. The first kappa shape index (κ1) is 23.4. The molecule has 0 amide bonds. The molecule has 1 unspecified atom stereocenters. The number of ether oxygens (including phenoxy) is 2. The zero-order valence-electron chi connectivity index (χ0n) is 21.8. The van der Waals surface area contributed by atoms with Crippen molar-refractivity contribution in [1.29, 1.82) is 0 Å². The number of rotatable bonds is 3. The smallest absolute Gasteiger partial charge is 0.228 e. The first-order valence-corrected chi connectivity index (χ1v) is 12.9. The zero-order chi connectivity index (χ0) is 26.9. The van der Waals surface area contributed by atoms with Crippen molar-refractivity contribution >= 4 is 22.2 Å². The van der Waals surface area contributed by atoms with E-state index in [1.54, 1.807) is 24.0 Å². The van der Waals surface area contributed by atoms with Crippen LogP contribution in [0.3, 0.4) is 0 Å². The van der Waals surface area contributed by atoms with Gasteiger partial charge in [0.15, 0.2) is 17.3 Å². The van der Waals surface area contributed by atoms with E-state index in [9.17, 15) is 9.90 Å². The van der Waals surface area contributed by atoms with E-state index < -0.39 is 5.92 Å². The van der Waals surface area contributed by atoms with Crippen LogP contribution in [0.25, 0.3) is 27.8 Å². The Bertz CT molecular complexity index is 1840. The van der Waals surface area contributed by atoms with Gasteiger partial charge in [-0.15, -0.1) is 5.10 Å². The fourth-order valence-corrected chi connectivity index (χ4v) is 5.80. The van der Waals surface area contributed by atoms with E-state index >= 15 is 0 Å². The van der Waals surface area contributed by atoms with Crippen molar-refractivity contribution in [3.8, 4) is 28.8 Å². The molecule has 2 aliphatic rings. The molecule has 2 aromatic heterocycles. The fraction of sp³-hybridized carbons (Fsp3) is 0.226. The second-order valence-electron chi connectivity index (χ2n) is 11.0. The number of hydrogen-bond acceptors (Lipinski definition) is 7. The van der Waals surface area contributed by atoms with Crippen LogP contribution >= 0.6 is 0 Å². The molecule has 1 atom stereocenters. The average molecular weight is 519 g/mol. The first-order valence-electron chi connectivity index (χ1n) is 12.9. The molecule has 0 radical (unpaired) electrons. The van der Waals surface area contributed by atoms with Crippen molar-refractivity contribution in [2.75, 3.05) is 7.11 Å². The number of Topliss-reactive ketones (excluding diaryl/α,β-unsaturated/α-hetero) is 1. The van der Waals surface area contributed by atoms with Gasteiger partial charge < -0.3 is 14.6 Å². The summed E-state index contributed by atoms with van der Waals surface area (Å²) in [4.78, 5) is 23.1.